The summed E-state index contributed by atoms with van der Waals surface area (Å²) in [5, 5.41) is 0. The smallest absolute Gasteiger partial charge is 0.351 e. The van der Waals surface area contributed by atoms with Crippen molar-refractivity contribution in [1.82, 2.24) is 9.55 Å². The Balaban J connectivity index is 1.47. The van der Waals surface area contributed by atoms with Crippen molar-refractivity contribution in [2.75, 3.05) is 12.3 Å². The van der Waals surface area contributed by atoms with Crippen molar-refractivity contribution in [3.8, 4) is 0 Å². The Morgan fingerprint density at radius 1 is 0.914 bits per heavy atom. The van der Waals surface area contributed by atoms with Crippen molar-refractivity contribution in [2.45, 2.75) is 119 Å². The number of hydrogen-bond acceptors (Lipinski definition) is 7. The fourth-order valence-electron chi connectivity index (χ4n) is 5.60. The Bertz CT molecular complexity index is 991. The first-order valence-corrected chi connectivity index (χ1v) is 22.3. The van der Waals surface area contributed by atoms with Crippen molar-refractivity contribution in [3.63, 3.8) is 0 Å². The van der Waals surface area contributed by atoms with E-state index in [9.17, 15) is 4.79 Å². The second-order valence-electron chi connectivity index (χ2n) is 12.7. The zero-order valence-electron chi connectivity index (χ0n) is 22.2. The minimum Gasteiger partial charge on any atom is -0.414 e. The molecule has 0 aromatic carbocycles. The van der Waals surface area contributed by atoms with Crippen LogP contribution in [0.1, 0.15) is 44.8 Å². The maximum atomic E-state index is 12.9. The molecular weight excluding hydrogens is 495 g/mol. The van der Waals surface area contributed by atoms with Crippen molar-refractivity contribution < 1.29 is 18.0 Å². The number of anilines is 1. The van der Waals surface area contributed by atoms with Crippen LogP contribution in [-0.4, -0.2) is 59.4 Å². The van der Waals surface area contributed by atoms with E-state index in [0.29, 0.717) is 17.7 Å². The standard InChI is InChI=1S/C24H43N3O5Si3/c1-33(2,16-7-8-16)29-15-19-21(31-34(3,4)17-9-10-17)22(32-35(5,6)18-11-12-18)23(30-19)27-14-13-20(25)26-24(27)28/h13-14,16-19,21-23H,7-12,15H2,1-6H3,(H2,25,26,28). The van der Waals surface area contributed by atoms with E-state index in [1.807, 2.05) is 0 Å². The van der Waals surface area contributed by atoms with E-state index in [4.69, 9.17) is 23.7 Å². The molecule has 3 aliphatic carbocycles. The van der Waals surface area contributed by atoms with E-state index < -0.39 is 36.9 Å². The van der Waals surface area contributed by atoms with Gasteiger partial charge in [-0.1, -0.05) is 38.5 Å². The Kier molecular flexibility index (Phi) is 6.76. The summed E-state index contributed by atoms with van der Waals surface area (Å²) in [4.78, 5) is 16.9. The highest BCUT2D eigenvalue weighted by molar-refractivity contribution is 6.74. The molecule has 4 fully saturated rings. The van der Waals surface area contributed by atoms with Crippen LogP contribution in [0.5, 0.6) is 0 Å². The van der Waals surface area contributed by atoms with Gasteiger partial charge in [-0.05, 0) is 62.0 Å². The lowest BCUT2D eigenvalue weighted by atomic mass is 10.1. The number of nitrogen functional groups attached to an aromatic ring is 1. The molecule has 11 heteroatoms. The molecule has 4 atom stereocenters. The van der Waals surface area contributed by atoms with Gasteiger partial charge in [0.25, 0.3) is 0 Å². The zero-order valence-corrected chi connectivity index (χ0v) is 25.2. The molecule has 4 unspecified atom stereocenters. The lowest BCUT2D eigenvalue weighted by Crippen LogP contribution is -2.51. The van der Waals surface area contributed by atoms with Crippen molar-refractivity contribution in [3.05, 3.63) is 22.7 Å². The third-order valence-corrected chi connectivity index (χ3v) is 18.9. The van der Waals surface area contributed by atoms with Gasteiger partial charge in [-0.3, -0.25) is 4.57 Å². The molecule has 1 aromatic heterocycles. The first-order valence-electron chi connectivity index (χ1n) is 13.4. The Labute approximate surface area is 212 Å². The molecule has 3 saturated carbocycles. The molecule has 1 saturated heterocycles. The van der Waals surface area contributed by atoms with Crippen molar-refractivity contribution in [1.29, 1.82) is 0 Å². The first kappa shape index (κ1) is 25.8. The summed E-state index contributed by atoms with van der Waals surface area (Å²) >= 11 is 0. The van der Waals surface area contributed by atoms with Crippen LogP contribution in [0.25, 0.3) is 0 Å². The molecule has 0 bridgehead atoms. The molecule has 1 aliphatic heterocycles. The highest BCUT2D eigenvalue weighted by Crippen LogP contribution is 2.51. The maximum absolute atomic E-state index is 12.9. The van der Waals surface area contributed by atoms with E-state index in [2.05, 4.69) is 44.3 Å². The van der Waals surface area contributed by atoms with Gasteiger partial charge in [0.15, 0.2) is 31.2 Å². The fourth-order valence-corrected chi connectivity index (χ4v) is 13.4. The monoisotopic (exact) mass is 537 g/mol. The molecule has 0 radical (unpaired) electrons. The van der Waals surface area contributed by atoms with E-state index in [0.717, 1.165) is 5.54 Å². The molecule has 0 spiro atoms. The SMILES string of the molecule is C[Si](C)(OCC1OC(n2ccc(N)nc2=O)C(O[Si](C)(C)C2CC2)C1O[Si](C)(C)C1CC1)C1CC1. The second-order valence-corrected chi connectivity index (χ2v) is 25.5. The third-order valence-electron chi connectivity index (χ3n) is 8.59. The van der Waals surface area contributed by atoms with Crippen LogP contribution in [-0.2, 0) is 18.0 Å². The summed E-state index contributed by atoms with van der Waals surface area (Å²) in [6.07, 6.45) is 7.65. The van der Waals surface area contributed by atoms with E-state index in [1.165, 1.54) is 38.5 Å². The van der Waals surface area contributed by atoms with Crippen LogP contribution in [0.2, 0.25) is 55.9 Å². The van der Waals surface area contributed by atoms with Gasteiger partial charge in [0.1, 0.15) is 24.1 Å². The summed E-state index contributed by atoms with van der Waals surface area (Å²) in [5.41, 5.74) is 7.43. The largest absolute Gasteiger partial charge is 0.414 e. The number of ether oxygens (including phenoxy) is 1. The van der Waals surface area contributed by atoms with Gasteiger partial charge in [0.05, 0.1) is 6.61 Å². The third kappa shape index (κ3) is 5.70. The minimum atomic E-state index is -2.00. The molecule has 2 N–H and O–H groups in total. The normalized spacial score (nSPS) is 30.1. The van der Waals surface area contributed by atoms with Crippen molar-refractivity contribution >= 4 is 30.8 Å². The molecule has 5 rings (SSSR count). The van der Waals surface area contributed by atoms with Crippen LogP contribution in [0.4, 0.5) is 5.82 Å². The van der Waals surface area contributed by atoms with Gasteiger partial charge in [0, 0.05) is 6.20 Å². The maximum Gasteiger partial charge on any atom is 0.351 e. The molecular formula is C24H43N3O5Si3. The average Bonchev–Trinajstić information content (AvgIpc) is 3.64. The van der Waals surface area contributed by atoms with Crippen LogP contribution in [0.3, 0.4) is 0 Å². The van der Waals surface area contributed by atoms with Crippen LogP contribution in [0, 0.1) is 0 Å². The Morgan fingerprint density at radius 2 is 1.43 bits per heavy atom. The molecule has 2 heterocycles. The summed E-state index contributed by atoms with van der Waals surface area (Å²) in [7, 11) is -5.74. The predicted molar refractivity (Wildman–Crippen MR) is 144 cm³/mol. The molecule has 4 aliphatic rings. The highest BCUT2D eigenvalue weighted by Gasteiger charge is 2.56. The van der Waals surface area contributed by atoms with Gasteiger partial charge in [0.2, 0.25) is 0 Å². The zero-order chi connectivity index (χ0) is 25.2. The fraction of sp³-hybridized carbons (Fsp3) is 0.833. The number of rotatable bonds is 11. The average molecular weight is 538 g/mol. The van der Waals surface area contributed by atoms with E-state index in [-0.39, 0.29) is 24.1 Å². The highest BCUT2D eigenvalue weighted by atomic mass is 28.4. The predicted octanol–water partition coefficient (Wildman–Crippen LogP) is 4.62. The Hall–Kier alpha value is -0.829. The lowest BCUT2D eigenvalue weighted by molar-refractivity contribution is -0.0500. The summed E-state index contributed by atoms with van der Waals surface area (Å²) in [6.45, 7) is 14.3. The van der Waals surface area contributed by atoms with Gasteiger partial charge in [-0.15, -0.1) is 0 Å². The summed E-state index contributed by atoms with van der Waals surface area (Å²) in [5.74, 6) is 0.210. The van der Waals surface area contributed by atoms with Crippen LogP contribution in [0.15, 0.2) is 17.1 Å². The van der Waals surface area contributed by atoms with Crippen molar-refractivity contribution in [2.24, 2.45) is 0 Å². The van der Waals surface area contributed by atoms with Gasteiger partial charge in [-0.25, -0.2) is 4.79 Å². The number of nitrogens with zero attached hydrogens (tertiary/aromatic N) is 2. The van der Waals surface area contributed by atoms with E-state index in [1.54, 1.807) is 16.8 Å². The molecule has 35 heavy (non-hydrogen) atoms. The Morgan fingerprint density at radius 3 is 1.94 bits per heavy atom. The van der Waals surface area contributed by atoms with Gasteiger partial charge < -0.3 is 23.7 Å². The first-order chi connectivity index (χ1) is 16.4. The second kappa shape index (κ2) is 9.17. The number of aromatic nitrogens is 2. The quantitative estimate of drug-likeness (QED) is 0.411. The molecule has 1 aromatic rings. The van der Waals surface area contributed by atoms with Gasteiger partial charge >= 0.3 is 5.69 Å². The molecule has 196 valence electrons. The number of hydrogen-bond donors (Lipinski definition) is 1. The van der Waals surface area contributed by atoms with Gasteiger partial charge in [-0.2, -0.15) is 4.98 Å². The molecule has 0 amide bonds. The summed E-state index contributed by atoms with van der Waals surface area (Å²) in [6, 6.07) is 1.65. The van der Waals surface area contributed by atoms with Crippen LogP contribution < -0.4 is 11.4 Å². The molecule has 8 nitrogen and oxygen atoms in total. The lowest BCUT2D eigenvalue weighted by Gasteiger charge is -2.37. The summed E-state index contributed by atoms with van der Waals surface area (Å²) < 4.78 is 28.9. The number of nitrogens with two attached hydrogens (primary N) is 1. The van der Waals surface area contributed by atoms with Crippen LogP contribution >= 0.6 is 0 Å². The van der Waals surface area contributed by atoms with E-state index >= 15 is 0 Å². The topological polar surface area (TPSA) is 97.8 Å². The minimum absolute atomic E-state index is 0.210.